The third kappa shape index (κ3) is 4.17. The van der Waals surface area contributed by atoms with E-state index in [0.29, 0.717) is 32.8 Å². The van der Waals surface area contributed by atoms with Crippen LogP contribution in [-0.4, -0.2) is 64.4 Å². The van der Waals surface area contributed by atoms with E-state index < -0.39 is 0 Å². The molecule has 3 amide bonds. The van der Waals surface area contributed by atoms with Crippen LogP contribution in [0.1, 0.15) is 38.1 Å². The fourth-order valence-electron chi connectivity index (χ4n) is 3.64. The molecule has 2 aliphatic heterocycles. The Hall–Kier alpha value is -2.09. The average molecular weight is 363 g/mol. The van der Waals surface area contributed by atoms with Crippen LogP contribution in [-0.2, 0) is 29.2 Å². The van der Waals surface area contributed by atoms with Crippen molar-refractivity contribution < 1.29 is 14.3 Å². The van der Waals surface area contributed by atoms with E-state index in [-0.39, 0.29) is 23.5 Å². The van der Waals surface area contributed by atoms with Crippen LogP contribution >= 0.6 is 0 Å². The largest absolute Gasteiger partial charge is 0.376 e. The Morgan fingerprint density at radius 1 is 1.38 bits per heavy atom. The molecule has 0 aliphatic carbocycles. The zero-order valence-electron chi connectivity index (χ0n) is 16.1. The molecule has 1 saturated heterocycles. The predicted molar refractivity (Wildman–Crippen MR) is 96.3 cm³/mol. The summed E-state index contributed by atoms with van der Waals surface area (Å²) in [6.07, 6.45) is 1.50. The van der Waals surface area contributed by atoms with Crippen LogP contribution in [0.5, 0.6) is 0 Å². The third-order valence-electron chi connectivity index (χ3n) is 5.01. The van der Waals surface area contributed by atoms with E-state index >= 15 is 0 Å². The van der Waals surface area contributed by atoms with Gasteiger partial charge in [0, 0.05) is 33.2 Å². The van der Waals surface area contributed by atoms with Crippen LogP contribution in [0.3, 0.4) is 0 Å². The van der Waals surface area contributed by atoms with E-state index in [1.54, 1.807) is 19.0 Å². The van der Waals surface area contributed by atoms with Crippen molar-refractivity contribution in [3.63, 3.8) is 0 Å². The maximum absolute atomic E-state index is 12.5. The van der Waals surface area contributed by atoms with E-state index in [1.165, 1.54) is 0 Å². The molecule has 1 aromatic rings. The summed E-state index contributed by atoms with van der Waals surface area (Å²) in [4.78, 5) is 28.0. The van der Waals surface area contributed by atoms with Crippen molar-refractivity contribution in [2.75, 3.05) is 27.2 Å². The van der Waals surface area contributed by atoms with Gasteiger partial charge in [-0.2, -0.15) is 5.10 Å². The maximum atomic E-state index is 12.5. The molecule has 144 valence electrons. The molecule has 8 heteroatoms. The van der Waals surface area contributed by atoms with E-state index in [0.717, 1.165) is 24.2 Å². The Labute approximate surface area is 154 Å². The first-order valence-corrected chi connectivity index (χ1v) is 9.19. The zero-order chi connectivity index (χ0) is 18.9. The van der Waals surface area contributed by atoms with Crippen LogP contribution in [0.2, 0.25) is 0 Å². The fraction of sp³-hybridized carbons (Fsp3) is 0.722. The number of ether oxygens (including phenoxy) is 1. The van der Waals surface area contributed by atoms with Gasteiger partial charge >= 0.3 is 6.03 Å². The molecular weight excluding hydrogens is 334 g/mol. The number of urea groups is 1. The Balaban J connectivity index is 1.56. The number of aromatic nitrogens is 2. The highest BCUT2D eigenvalue weighted by atomic mass is 16.5. The number of hydrogen-bond acceptors (Lipinski definition) is 4. The highest BCUT2D eigenvalue weighted by Gasteiger charge is 2.33. The van der Waals surface area contributed by atoms with Crippen LogP contribution in [0.4, 0.5) is 4.79 Å². The van der Waals surface area contributed by atoms with Crippen molar-refractivity contribution in [1.29, 1.82) is 0 Å². The average Bonchev–Trinajstić information content (AvgIpc) is 2.99. The van der Waals surface area contributed by atoms with Crippen LogP contribution in [0, 0.1) is 5.92 Å². The number of fused-ring (bicyclic) bond motifs is 1. The molecule has 0 saturated carbocycles. The lowest BCUT2D eigenvalue weighted by molar-refractivity contribution is -0.135. The number of carbonyl (C=O) groups is 2. The van der Waals surface area contributed by atoms with E-state index in [9.17, 15) is 9.59 Å². The molecule has 3 heterocycles. The monoisotopic (exact) mass is 363 g/mol. The molecule has 0 aromatic carbocycles. The smallest absolute Gasteiger partial charge is 0.319 e. The van der Waals surface area contributed by atoms with Gasteiger partial charge in [0.1, 0.15) is 0 Å². The van der Waals surface area contributed by atoms with Crippen molar-refractivity contribution >= 4 is 11.9 Å². The van der Waals surface area contributed by atoms with Gasteiger partial charge in [-0.15, -0.1) is 0 Å². The van der Waals surface area contributed by atoms with Crippen LogP contribution in [0.25, 0.3) is 0 Å². The van der Waals surface area contributed by atoms with Gasteiger partial charge in [-0.25, -0.2) is 4.79 Å². The van der Waals surface area contributed by atoms with E-state index in [2.05, 4.69) is 10.4 Å². The van der Waals surface area contributed by atoms with Gasteiger partial charge in [0.2, 0.25) is 5.91 Å². The zero-order valence-corrected chi connectivity index (χ0v) is 16.1. The van der Waals surface area contributed by atoms with Gasteiger partial charge < -0.3 is 19.9 Å². The first kappa shape index (κ1) is 18.7. The summed E-state index contributed by atoms with van der Waals surface area (Å²) in [5, 5.41) is 7.57. The minimum atomic E-state index is -0.240. The number of amides is 3. The molecule has 0 bridgehead atoms. The molecule has 0 spiro atoms. The first-order chi connectivity index (χ1) is 12.2. The molecule has 1 unspecified atom stereocenters. The molecule has 1 fully saturated rings. The fourth-order valence-corrected chi connectivity index (χ4v) is 3.64. The van der Waals surface area contributed by atoms with Gasteiger partial charge in [-0.05, 0) is 32.8 Å². The lowest BCUT2D eigenvalue weighted by atomic mass is 9.88. The number of carbonyl (C=O) groups excluding carboxylic acids is 2. The molecule has 1 N–H and O–H groups in total. The maximum Gasteiger partial charge on any atom is 0.319 e. The standard InChI is InChI=1S/C18H29N5O3/c1-18(2)10-13(5-8-26-18)16(24)19-11-14-9-15-12-22(17(25)21(3)4)6-7-23(15)20-14/h9,13H,5-8,10-12H2,1-4H3,(H,19,24). The number of hydrogen-bond donors (Lipinski definition) is 1. The molecule has 0 radical (unpaired) electrons. The summed E-state index contributed by atoms with van der Waals surface area (Å²) < 4.78 is 7.61. The van der Waals surface area contributed by atoms with Gasteiger partial charge in [0.05, 0.1) is 36.6 Å². The van der Waals surface area contributed by atoms with E-state index in [4.69, 9.17) is 4.74 Å². The summed E-state index contributed by atoms with van der Waals surface area (Å²) in [7, 11) is 3.51. The molecule has 1 atom stereocenters. The Morgan fingerprint density at radius 3 is 2.85 bits per heavy atom. The topological polar surface area (TPSA) is 79.7 Å². The SMILES string of the molecule is CN(C)C(=O)N1CCn2nc(CNC(=O)C3CCOC(C)(C)C3)cc2C1. The summed E-state index contributed by atoms with van der Waals surface area (Å²) in [5.41, 5.74) is 1.60. The molecule has 8 nitrogen and oxygen atoms in total. The van der Waals surface area contributed by atoms with Crippen molar-refractivity contribution in [2.24, 2.45) is 5.92 Å². The van der Waals surface area contributed by atoms with E-state index in [1.807, 2.05) is 29.5 Å². The van der Waals surface area contributed by atoms with Crippen molar-refractivity contribution in [1.82, 2.24) is 24.9 Å². The van der Waals surface area contributed by atoms with Crippen LogP contribution < -0.4 is 5.32 Å². The molecular formula is C18H29N5O3. The highest BCUT2D eigenvalue weighted by molar-refractivity contribution is 5.78. The second-order valence-corrected chi connectivity index (χ2v) is 7.96. The summed E-state index contributed by atoms with van der Waals surface area (Å²) in [5.74, 6) is 0.0564. The minimum absolute atomic E-state index is 0.00874. The highest BCUT2D eigenvalue weighted by Crippen LogP contribution is 2.28. The molecule has 3 rings (SSSR count). The lowest BCUT2D eigenvalue weighted by Gasteiger charge is -2.34. The number of nitrogens with one attached hydrogen (secondary N) is 1. The second kappa shape index (κ2) is 7.26. The second-order valence-electron chi connectivity index (χ2n) is 7.96. The third-order valence-corrected chi connectivity index (χ3v) is 5.01. The van der Waals surface area contributed by atoms with Crippen LogP contribution in [0.15, 0.2) is 6.07 Å². The van der Waals surface area contributed by atoms with Gasteiger partial charge in [0.15, 0.2) is 0 Å². The summed E-state index contributed by atoms with van der Waals surface area (Å²) in [6, 6.07) is 1.98. The van der Waals surface area contributed by atoms with Crippen molar-refractivity contribution in [3.8, 4) is 0 Å². The normalized spacial score (nSPS) is 21.8. The van der Waals surface area contributed by atoms with Gasteiger partial charge in [-0.1, -0.05) is 0 Å². The van der Waals surface area contributed by atoms with Gasteiger partial charge in [-0.3, -0.25) is 9.48 Å². The van der Waals surface area contributed by atoms with Crippen molar-refractivity contribution in [3.05, 3.63) is 17.5 Å². The molecule has 2 aliphatic rings. The molecule has 1 aromatic heterocycles. The summed E-state index contributed by atoms with van der Waals surface area (Å²) in [6.45, 7) is 6.96. The number of rotatable bonds is 3. The first-order valence-electron chi connectivity index (χ1n) is 9.19. The molecule has 26 heavy (non-hydrogen) atoms. The van der Waals surface area contributed by atoms with Crippen molar-refractivity contribution in [2.45, 2.75) is 51.9 Å². The minimum Gasteiger partial charge on any atom is -0.376 e. The Bertz CT molecular complexity index is 682. The lowest BCUT2D eigenvalue weighted by Crippen LogP contribution is -2.43. The predicted octanol–water partition coefficient (Wildman–Crippen LogP) is 1.20. The summed E-state index contributed by atoms with van der Waals surface area (Å²) >= 11 is 0. The van der Waals surface area contributed by atoms with Gasteiger partial charge in [0.25, 0.3) is 0 Å². The Morgan fingerprint density at radius 2 is 2.15 bits per heavy atom. The number of nitrogens with zero attached hydrogens (tertiary/aromatic N) is 4. The Kier molecular flexibility index (Phi) is 5.22. The quantitative estimate of drug-likeness (QED) is 0.875.